The summed E-state index contributed by atoms with van der Waals surface area (Å²) in [7, 11) is -3.36. The topological polar surface area (TPSA) is 63.7 Å². The summed E-state index contributed by atoms with van der Waals surface area (Å²) in [6.07, 6.45) is -0.380. The van der Waals surface area contributed by atoms with Gasteiger partial charge in [-0.3, -0.25) is 4.79 Å². The Hall–Kier alpha value is -1.34. The first-order chi connectivity index (χ1) is 8.84. The molecule has 0 bridgehead atoms. The van der Waals surface area contributed by atoms with Crippen molar-refractivity contribution in [3.8, 4) is 5.75 Å². The molecule has 19 heavy (non-hydrogen) atoms. The highest BCUT2D eigenvalue weighted by Crippen LogP contribution is 2.37. The van der Waals surface area contributed by atoms with Crippen LogP contribution in [0.4, 0.5) is 9.57 Å². The lowest BCUT2D eigenvalue weighted by atomic mass is 10.2. The molecular weight excluding hydrogens is 297 g/mol. The number of hydrogen-bond acceptors (Lipinski definition) is 4. The summed E-state index contributed by atoms with van der Waals surface area (Å²) in [6, 6.07) is 4.74. The molecule has 1 saturated heterocycles. The van der Waals surface area contributed by atoms with Crippen LogP contribution in [0, 0.1) is 0 Å². The van der Waals surface area contributed by atoms with Gasteiger partial charge in [-0.1, -0.05) is 17.7 Å². The van der Waals surface area contributed by atoms with E-state index >= 15 is 0 Å². The van der Waals surface area contributed by atoms with E-state index in [1.807, 2.05) is 0 Å². The van der Waals surface area contributed by atoms with Crippen molar-refractivity contribution >= 4 is 33.4 Å². The molecule has 2 rings (SSSR count). The van der Waals surface area contributed by atoms with Crippen molar-refractivity contribution in [2.45, 2.75) is 11.7 Å². The minimum absolute atomic E-state index is 0.242. The largest absolute Gasteiger partial charge is 0.493 e. The Kier molecular flexibility index (Phi) is 3.69. The average molecular weight is 308 g/mol. The summed E-state index contributed by atoms with van der Waals surface area (Å²) in [5.41, 5.74) is 0.339. The van der Waals surface area contributed by atoms with Crippen molar-refractivity contribution in [1.82, 2.24) is 0 Å². The smallest absolute Gasteiger partial charge is 0.307 e. The van der Waals surface area contributed by atoms with Gasteiger partial charge in [-0.2, -0.15) is 8.42 Å². The maximum absolute atomic E-state index is 13.0. The summed E-state index contributed by atoms with van der Waals surface area (Å²) >= 11 is 5.93. The first-order valence-electron chi connectivity index (χ1n) is 5.41. The van der Waals surface area contributed by atoms with Gasteiger partial charge in [-0.05, 0) is 12.1 Å². The number of para-hydroxylation sites is 1. The Morgan fingerprint density at radius 2 is 2.16 bits per heavy atom. The Morgan fingerprint density at radius 3 is 2.68 bits per heavy atom. The van der Waals surface area contributed by atoms with Crippen molar-refractivity contribution < 1.29 is 21.8 Å². The molecule has 1 aromatic rings. The molecule has 1 aliphatic rings. The van der Waals surface area contributed by atoms with E-state index in [2.05, 4.69) is 0 Å². The molecule has 0 spiro atoms. The van der Waals surface area contributed by atoms with Gasteiger partial charge in [-0.25, -0.2) is 0 Å². The number of amides is 1. The molecule has 0 aromatic heterocycles. The van der Waals surface area contributed by atoms with Gasteiger partial charge in [0.1, 0.15) is 5.25 Å². The molecule has 0 aliphatic carbocycles. The second-order valence-electron chi connectivity index (χ2n) is 4.10. The highest BCUT2D eigenvalue weighted by molar-refractivity contribution is 7.87. The van der Waals surface area contributed by atoms with Gasteiger partial charge in [0.25, 0.3) is 0 Å². The molecule has 8 heteroatoms. The van der Waals surface area contributed by atoms with E-state index in [-0.39, 0.29) is 18.7 Å². The number of carbonyl (C=O) groups excluding carboxylic acids is 1. The van der Waals surface area contributed by atoms with E-state index in [9.17, 15) is 17.1 Å². The first kappa shape index (κ1) is 14.1. The predicted octanol–water partition coefficient (Wildman–Crippen LogP) is 1.75. The fourth-order valence-electron chi connectivity index (χ4n) is 2.01. The van der Waals surface area contributed by atoms with Gasteiger partial charge < -0.3 is 9.64 Å². The monoisotopic (exact) mass is 307 g/mol. The fraction of sp³-hybridized carbons (Fsp3) is 0.364. The molecule has 5 nitrogen and oxygen atoms in total. The third-order valence-corrected chi connectivity index (χ3v) is 4.34. The lowest BCUT2D eigenvalue weighted by Gasteiger charge is -2.19. The van der Waals surface area contributed by atoms with E-state index < -0.39 is 21.4 Å². The van der Waals surface area contributed by atoms with Crippen LogP contribution in [0.1, 0.15) is 6.42 Å². The lowest BCUT2D eigenvalue weighted by Crippen LogP contribution is -2.27. The van der Waals surface area contributed by atoms with Crippen molar-refractivity contribution in [2.75, 3.05) is 18.6 Å². The molecule has 1 amide bonds. The van der Waals surface area contributed by atoms with E-state index in [0.29, 0.717) is 10.7 Å². The van der Waals surface area contributed by atoms with Gasteiger partial charge in [0.2, 0.25) is 5.91 Å². The normalized spacial score (nSPS) is 19.8. The highest BCUT2D eigenvalue weighted by atomic mass is 35.5. The highest BCUT2D eigenvalue weighted by Gasteiger charge is 2.40. The Bertz CT molecular complexity index is 619. The van der Waals surface area contributed by atoms with Crippen LogP contribution in [-0.4, -0.2) is 33.2 Å². The van der Waals surface area contributed by atoms with Gasteiger partial charge in [-0.15, -0.1) is 3.89 Å². The van der Waals surface area contributed by atoms with Crippen LogP contribution in [0.3, 0.4) is 0 Å². The van der Waals surface area contributed by atoms with Crippen LogP contribution in [0.2, 0.25) is 5.02 Å². The number of ether oxygens (including phenoxy) is 1. The second kappa shape index (κ2) is 4.97. The van der Waals surface area contributed by atoms with Crippen molar-refractivity contribution in [2.24, 2.45) is 0 Å². The third-order valence-electron chi connectivity index (χ3n) is 2.93. The zero-order valence-electron chi connectivity index (χ0n) is 9.97. The zero-order valence-corrected chi connectivity index (χ0v) is 11.5. The molecular formula is C11H11ClFNO4S. The van der Waals surface area contributed by atoms with Crippen LogP contribution in [-0.2, 0) is 15.0 Å². The molecule has 0 saturated carbocycles. The van der Waals surface area contributed by atoms with Crippen LogP contribution < -0.4 is 9.64 Å². The minimum Gasteiger partial charge on any atom is -0.493 e. The van der Waals surface area contributed by atoms with Crippen LogP contribution in [0.25, 0.3) is 0 Å². The van der Waals surface area contributed by atoms with Gasteiger partial charge in [0.15, 0.2) is 5.75 Å². The SMILES string of the molecule is COc1c(Cl)cccc1N1CC(S(=O)(=O)F)CC1=O. The van der Waals surface area contributed by atoms with Crippen LogP contribution in [0.5, 0.6) is 5.75 Å². The maximum atomic E-state index is 13.0. The Morgan fingerprint density at radius 1 is 1.47 bits per heavy atom. The number of anilines is 1. The Balaban J connectivity index is 2.39. The third kappa shape index (κ3) is 2.66. The van der Waals surface area contributed by atoms with Crippen LogP contribution >= 0.6 is 11.6 Å². The number of rotatable bonds is 3. The summed E-state index contributed by atoms with van der Waals surface area (Å²) < 4.78 is 39.8. The van der Waals surface area contributed by atoms with Gasteiger partial charge >= 0.3 is 10.2 Å². The quantitative estimate of drug-likeness (QED) is 0.798. The molecule has 1 aliphatic heterocycles. The molecule has 1 atom stereocenters. The molecule has 1 unspecified atom stereocenters. The van der Waals surface area contributed by atoms with E-state index in [1.54, 1.807) is 18.2 Å². The molecule has 0 N–H and O–H groups in total. The van der Waals surface area contributed by atoms with Gasteiger partial charge in [0.05, 0.1) is 17.8 Å². The molecule has 1 aromatic carbocycles. The van der Waals surface area contributed by atoms with Crippen molar-refractivity contribution in [3.05, 3.63) is 23.2 Å². The maximum Gasteiger partial charge on any atom is 0.307 e. The number of carbonyl (C=O) groups is 1. The second-order valence-corrected chi connectivity index (χ2v) is 6.12. The molecule has 0 radical (unpaired) electrons. The molecule has 1 fully saturated rings. The molecule has 104 valence electrons. The number of benzene rings is 1. The fourth-order valence-corrected chi connectivity index (χ4v) is 2.92. The standard InChI is InChI=1S/C11H11ClFNO4S/c1-18-11-8(12)3-2-4-9(11)14-6-7(5-10(14)15)19(13,16)17/h2-4,7H,5-6H2,1H3. The summed E-state index contributed by atoms with van der Waals surface area (Å²) in [4.78, 5) is 13.0. The summed E-state index contributed by atoms with van der Waals surface area (Å²) in [5, 5.41) is -1.05. The number of nitrogens with zero attached hydrogens (tertiary/aromatic N) is 1. The summed E-state index contributed by atoms with van der Waals surface area (Å²) in [6.45, 7) is -0.242. The zero-order chi connectivity index (χ0) is 14.2. The Labute approximate surface area is 115 Å². The predicted molar refractivity (Wildman–Crippen MR) is 68.8 cm³/mol. The van der Waals surface area contributed by atoms with Crippen LogP contribution in [0.15, 0.2) is 18.2 Å². The summed E-state index contributed by atoms with van der Waals surface area (Å²) in [5.74, 6) is -0.221. The number of halogens is 2. The minimum atomic E-state index is -4.74. The van der Waals surface area contributed by atoms with E-state index in [4.69, 9.17) is 16.3 Å². The molecule has 1 heterocycles. The van der Waals surface area contributed by atoms with E-state index in [1.165, 1.54) is 12.0 Å². The first-order valence-corrected chi connectivity index (χ1v) is 7.23. The average Bonchev–Trinajstić information content (AvgIpc) is 2.70. The number of methoxy groups -OCH3 is 1. The lowest BCUT2D eigenvalue weighted by molar-refractivity contribution is -0.117. The number of hydrogen-bond donors (Lipinski definition) is 0. The van der Waals surface area contributed by atoms with E-state index in [0.717, 1.165) is 0 Å². The van der Waals surface area contributed by atoms with Crippen molar-refractivity contribution in [3.63, 3.8) is 0 Å². The van der Waals surface area contributed by atoms with Crippen molar-refractivity contribution in [1.29, 1.82) is 0 Å². The van der Waals surface area contributed by atoms with Gasteiger partial charge in [0, 0.05) is 13.0 Å².